The molecule has 0 unspecified atom stereocenters. The highest BCUT2D eigenvalue weighted by atomic mass is 19.4. The summed E-state index contributed by atoms with van der Waals surface area (Å²) in [6, 6.07) is 13.7. The number of imidazole rings is 1. The molecule has 0 bridgehead atoms. The predicted octanol–water partition coefficient (Wildman–Crippen LogP) is 4.06. The second kappa shape index (κ2) is 5.83. The van der Waals surface area contributed by atoms with Gasteiger partial charge in [0.05, 0.1) is 23.1 Å². The van der Waals surface area contributed by atoms with Crippen LogP contribution < -0.4 is 5.73 Å². The zero-order valence-corrected chi connectivity index (χ0v) is 13.3. The first-order valence-electron chi connectivity index (χ1n) is 7.67. The van der Waals surface area contributed by atoms with Crippen LogP contribution in [-0.2, 0) is 6.18 Å². The van der Waals surface area contributed by atoms with Gasteiger partial charge in [0.2, 0.25) is 0 Å². The normalized spacial score (nSPS) is 11.8. The maximum absolute atomic E-state index is 13.1. The molecule has 3 heterocycles. The molecule has 4 aromatic rings. The first-order chi connectivity index (χ1) is 12.4. The summed E-state index contributed by atoms with van der Waals surface area (Å²) in [5.74, 6) is -0.560. The average Bonchev–Trinajstić information content (AvgIpc) is 3.05. The van der Waals surface area contributed by atoms with Gasteiger partial charge in [-0.25, -0.2) is 14.5 Å². The number of hydrogen-bond donors (Lipinski definition) is 1. The molecule has 2 N–H and O–H groups in total. The van der Waals surface area contributed by atoms with Gasteiger partial charge >= 0.3 is 6.18 Å². The standard InChI is InChI=1S/C18H12F3N5/c19-18(20,21)13-8-12(9-24-17(13)22)14-6-7-16-23-10-15(26(16)25-14)11-4-2-1-3-5-11/h1-10H,(H2,22,24). The van der Waals surface area contributed by atoms with Gasteiger partial charge in [-0.2, -0.15) is 18.3 Å². The van der Waals surface area contributed by atoms with E-state index in [0.29, 0.717) is 11.3 Å². The highest BCUT2D eigenvalue weighted by Gasteiger charge is 2.34. The summed E-state index contributed by atoms with van der Waals surface area (Å²) in [6.07, 6.45) is -1.64. The number of alkyl halides is 3. The molecule has 26 heavy (non-hydrogen) atoms. The third kappa shape index (κ3) is 2.75. The third-order valence-corrected chi connectivity index (χ3v) is 3.95. The lowest BCUT2D eigenvalue weighted by molar-refractivity contribution is -0.137. The summed E-state index contributed by atoms with van der Waals surface area (Å²) in [6.45, 7) is 0. The maximum Gasteiger partial charge on any atom is 0.419 e. The molecule has 0 spiro atoms. The molecule has 0 saturated heterocycles. The minimum atomic E-state index is -4.58. The number of nitrogens with zero attached hydrogens (tertiary/aromatic N) is 4. The Balaban J connectivity index is 1.86. The van der Waals surface area contributed by atoms with Gasteiger partial charge in [0.1, 0.15) is 5.82 Å². The van der Waals surface area contributed by atoms with Crippen LogP contribution in [0.3, 0.4) is 0 Å². The fourth-order valence-electron chi connectivity index (χ4n) is 2.68. The monoisotopic (exact) mass is 355 g/mol. The number of halogens is 3. The van der Waals surface area contributed by atoms with Gasteiger partial charge in [-0.3, -0.25) is 0 Å². The molecule has 0 aliphatic carbocycles. The van der Waals surface area contributed by atoms with Crippen LogP contribution in [0.25, 0.3) is 28.2 Å². The van der Waals surface area contributed by atoms with Crippen LogP contribution in [-0.4, -0.2) is 19.6 Å². The highest BCUT2D eigenvalue weighted by Crippen LogP contribution is 2.34. The summed E-state index contributed by atoms with van der Waals surface area (Å²) in [4.78, 5) is 7.95. The number of fused-ring (bicyclic) bond motifs is 1. The minimum absolute atomic E-state index is 0.223. The Morgan fingerprint density at radius 2 is 1.65 bits per heavy atom. The molecular formula is C18H12F3N5. The number of benzene rings is 1. The lowest BCUT2D eigenvalue weighted by Gasteiger charge is -2.11. The van der Waals surface area contributed by atoms with Crippen LogP contribution in [0.5, 0.6) is 0 Å². The van der Waals surface area contributed by atoms with Crippen molar-refractivity contribution in [3.63, 3.8) is 0 Å². The molecule has 0 amide bonds. The quantitative estimate of drug-likeness (QED) is 0.589. The van der Waals surface area contributed by atoms with E-state index in [9.17, 15) is 13.2 Å². The molecule has 0 fully saturated rings. The van der Waals surface area contributed by atoms with Crippen LogP contribution in [0.4, 0.5) is 19.0 Å². The lowest BCUT2D eigenvalue weighted by Crippen LogP contribution is -2.10. The first kappa shape index (κ1) is 16.1. The van der Waals surface area contributed by atoms with Crippen molar-refractivity contribution in [2.24, 2.45) is 0 Å². The smallest absolute Gasteiger partial charge is 0.383 e. The number of hydrogen-bond acceptors (Lipinski definition) is 4. The molecule has 4 rings (SSSR count). The zero-order chi connectivity index (χ0) is 18.3. The number of nitrogens with two attached hydrogens (primary N) is 1. The van der Waals surface area contributed by atoms with Crippen molar-refractivity contribution in [3.05, 3.63) is 66.5 Å². The van der Waals surface area contributed by atoms with E-state index in [1.807, 2.05) is 30.3 Å². The molecule has 0 radical (unpaired) electrons. The molecule has 1 aromatic carbocycles. The van der Waals surface area contributed by atoms with Crippen molar-refractivity contribution < 1.29 is 13.2 Å². The van der Waals surface area contributed by atoms with Crippen molar-refractivity contribution in [1.82, 2.24) is 19.6 Å². The van der Waals surface area contributed by atoms with Crippen molar-refractivity contribution in [1.29, 1.82) is 0 Å². The molecule has 8 heteroatoms. The highest BCUT2D eigenvalue weighted by molar-refractivity contribution is 5.66. The largest absolute Gasteiger partial charge is 0.419 e. The van der Waals surface area contributed by atoms with E-state index in [-0.39, 0.29) is 5.56 Å². The van der Waals surface area contributed by atoms with Gasteiger partial charge in [-0.1, -0.05) is 30.3 Å². The molecule has 0 aliphatic rings. The molecule has 0 aliphatic heterocycles. The van der Waals surface area contributed by atoms with Crippen LogP contribution in [0, 0.1) is 0 Å². The Bertz CT molecular complexity index is 1090. The second-order valence-corrected chi connectivity index (χ2v) is 5.65. The Morgan fingerprint density at radius 1 is 0.885 bits per heavy atom. The SMILES string of the molecule is Nc1ncc(-c2ccc3ncc(-c4ccccc4)n3n2)cc1C(F)(F)F. The molecule has 3 aromatic heterocycles. The van der Waals surface area contributed by atoms with Gasteiger partial charge in [-0.05, 0) is 18.2 Å². The lowest BCUT2D eigenvalue weighted by atomic mass is 10.1. The van der Waals surface area contributed by atoms with Crippen LogP contribution >= 0.6 is 0 Å². The zero-order valence-electron chi connectivity index (χ0n) is 13.3. The number of rotatable bonds is 2. The average molecular weight is 355 g/mol. The summed E-state index contributed by atoms with van der Waals surface area (Å²) in [5.41, 5.74) is 7.17. The maximum atomic E-state index is 13.1. The van der Waals surface area contributed by atoms with E-state index in [1.165, 1.54) is 6.20 Å². The molecule has 0 saturated carbocycles. The topological polar surface area (TPSA) is 69.1 Å². The molecular weight excluding hydrogens is 343 g/mol. The van der Waals surface area contributed by atoms with E-state index in [2.05, 4.69) is 15.1 Å². The molecule has 130 valence electrons. The molecule has 5 nitrogen and oxygen atoms in total. The predicted molar refractivity (Wildman–Crippen MR) is 91.1 cm³/mol. The fraction of sp³-hybridized carbons (Fsp3) is 0.0556. The van der Waals surface area contributed by atoms with Crippen molar-refractivity contribution in [2.45, 2.75) is 6.18 Å². The van der Waals surface area contributed by atoms with E-state index in [4.69, 9.17) is 5.73 Å². The summed E-state index contributed by atoms with van der Waals surface area (Å²) < 4.78 is 40.8. The van der Waals surface area contributed by atoms with Crippen LogP contribution in [0.15, 0.2) is 60.9 Å². The van der Waals surface area contributed by atoms with Gasteiger partial charge in [-0.15, -0.1) is 0 Å². The van der Waals surface area contributed by atoms with Gasteiger partial charge in [0, 0.05) is 17.3 Å². The summed E-state index contributed by atoms with van der Waals surface area (Å²) >= 11 is 0. The van der Waals surface area contributed by atoms with E-state index in [1.54, 1.807) is 22.8 Å². The minimum Gasteiger partial charge on any atom is -0.383 e. The van der Waals surface area contributed by atoms with Crippen LogP contribution in [0.1, 0.15) is 5.56 Å². The number of aromatic nitrogens is 4. The third-order valence-electron chi connectivity index (χ3n) is 3.95. The summed E-state index contributed by atoms with van der Waals surface area (Å²) in [7, 11) is 0. The van der Waals surface area contributed by atoms with Gasteiger partial charge in [0.15, 0.2) is 5.65 Å². The van der Waals surface area contributed by atoms with Gasteiger partial charge < -0.3 is 5.73 Å². The second-order valence-electron chi connectivity index (χ2n) is 5.65. The Hall–Kier alpha value is -3.42. The molecule has 0 atom stereocenters. The van der Waals surface area contributed by atoms with Crippen molar-refractivity contribution >= 4 is 11.5 Å². The van der Waals surface area contributed by atoms with Crippen LogP contribution in [0.2, 0.25) is 0 Å². The van der Waals surface area contributed by atoms with E-state index in [0.717, 1.165) is 17.3 Å². The van der Waals surface area contributed by atoms with Crippen molar-refractivity contribution in [3.8, 4) is 22.5 Å². The van der Waals surface area contributed by atoms with Crippen molar-refractivity contribution in [2.75, 3.05) is 5.73 Å². The Kier molecular flexibility index (Phi) is 3.61. The number of pyridine rings is 1. The van der Waals surface area contributed by atoms with Gasteiger partial charge in [0.25, 0.3) is 0 Å². The number of anilines is 1. The van der Waals surface area contributed by atoms with E-state index < -0.39 is 17.6 Å². The summed E-state index contributed by atoms with van der Waals surface area (Å²) in [5, 5.41) is 4.44. The Morgan fingerprint density at radius 3 is 2.38 bits per heavy atom. The van der Waals surface area contributed by atoms with E-state index >= 15 is 0 Å². The number of nitrogen functional groups attached to an aromatic ring is 1. The first-order valence-corrected chi connectivity index (χ1v) is 7.67. The fourth-order valence-corrected chi connectivity index (χ4v) is 2.68. The Labute approximate surface area is 145 Å².